The number of aryl methyl sites for hydroxylation is 1. The molecule has 4 nitrogen and oxygen atoms in total. The van der Waals surface area contributed by atoms with Crippen LogP contribution in [0.5, 0.6) is 0 Å². The third-order valence-electron chi connectivity index (χ3n) is 3.07. The van der Waals surface area contributed by atoms with Gasteiger partial charge >= 0.3 is 0 Å². The van der Waals surface area contributed by atoms with Crippen LogP contribution in [0.2, 0.25) is 0 Å². The zero-order valence-electron chi connectivity index (χ0n) is 11.5. The number of nitrogens with zero attached hydrogens (tertiary/aromatic N) is 2. The van der Waals surface area contributed by atoms with Crippen molar-refractivity contribution in [2.75, 3.05) is 12.4 Å². The fourth-order valence-corrected chi connectivity index (χ4v) is 2.53. The number of rotatable bonds is 5. The highest BCUT2D eigenvalue weighted by molar-refractivity contribution is 9.10. The van der Waals surface area contributed by atoms with Gasteiger partial charge in [-0.05, 0) is 23.8 Å². The third-order valence-corrected chi connectivity index (χ3v) is 3.81. The summed E-state index contributed by atoms with van der Waals surface area (Å²) in [6.07, 6.45) is 1.96. The third kappa shape index (κ3) is 3.21. The molecule has 0 radical (unpaired) electrons. The predicted octanol–water partition coefficient (Wildman–Crippen LogP) is 3.42. The molecule has 5 heteroatoms. The van der Waals surface area contributed by atoms with Crippen LogP contribution in [0, 0.1) is 11.3 Å². The fraction of sp³-hybridized carbons (Fsp3) is 0.267. The van der Waals surface area contributed by atoms with E-state index in [0.717, 1.165) is 21.3 Å². The van der Waals surface area contributed by atoms with Gasteiger partial charge < -0.3 is 14.6 Å². The molecule has 2 rings (SSSR count). The van der Waals surface area contributed by atoms with E-state index < -0.39 is 0 Å². The molecule has 0 aliphatic carbocycles. The average molecular weight is 334 g/mol. The van der Waals surface area contributed by atoms with Crippen LogP contribution in [0.3, 0.4) is 0 Å². The van der Waals surface area contributed by atoms with E-state index in [9.17, 15) is 0 Å². The molecule has 0 fully saturated rings. The maximum atomic E-state index is 8.95. The molecular weight excluding hydrogens is 318 g/mol. The van der Waals surface area contributed by atoms with E-state index in [1.54, 1.807) is 7.11 Å². The quantitative estimate of drug-likeness (QED) is 0.912. The second-order valence-corrected chi connectivity index (χ2v) is 5.36. The lowest BCUT2D eigenvalue weighted by atomic mass is 10.2. The van der Waals surface area contributed by atoms with Crippen molar-refractivity contribution in [3.63, 3.8) is 0 Å². The van der Waals surface area contributed by atoms with Crippen molar-refractivity contribution < 1.29 is 4.74 Å². The highest BCUT2D eigenvalue weighted by Gasteiger charge is 2.07. The van der Waals surface area contributed by atoms with Gasteiger partial charge in [-0.2, -0.15) is 5.26 Å². The van der Waals surface area contributed by atoms with Crippen molar-refractivity contribution in [2.24, 2.45) is 7.05 Å². The van der Waals surface area contributed by atoms with Crippen molar-refractivity contribution in [3.8, 4) is 6.07 Å². The van der Waals surface area contributed by atoms with Gasteiger partial charge in [-0.1, -0.05) is 22.0 Å². The largest absolute Gasteiger partial charge is 0.381 e. The fourth-order valence-electron chi connectivity index (χ4n) is 2.05. The Kier molecular flexibility index (Phi) is 4.83. The van der Waals surface area contributed by atoms with Gasteiger partial charge in [0.25, 0.3) is 0 Å². The van der Waals surface area contributed by atoms with E-state index in [1.807, 2.05) is 42.1 Å². The summed E-state index contributed by atoms with van der Waals surface area (Å²) in [5.74, 6) is 0. The van der Waals surface area contributed by atoms with E-state index in [-0.39, 0.29) is 0 Å². The van der Waals surface area contributed by atoms with Crippen molar-refractivity contribution in [1.29, 1.82) is 5.26 Å². The molecule has 0 atom stereocenters. The molecular formula is C15H16BrN3O. The number of halogens is 1. The molecule has 0 aliphatic heterocycles. The molecule has 0 spiro atoms. The standard InChI is InChI=1S/C15H16BrN3O/c1-19-9-11(6-12(19)7-17)8-18-15-5-3-4-14(16)13(15)10-20-2/h3-6,9,18H,8,10H2,1-2H3. The summed E-state index contributed by atoms with van der Waals surface area (Å²) in [5, 5.41) is 12.3. The van der Waals surface area contributed by atoms with Crippen LogP contribution >= 0.6 is 15.9 Å². The average Bonchev–Trinajstić information content (AvgIpc) is 2.80. The summed E-state index contributed by atoms with van der Waals surface area (Å²) >= 11 is 3.53. The van der Waals surface area contributed by atoms with E-state index in [4.69, 9.17) is 10.00 Å². The Hall–Kier alpha value is -1.77. The Bertz CT molecular complexity index is 643. The van der Waals surface area contributed by atoms with Gasteiger partial charge in [-0.3, -0.25) is 0 Å². The molecule has 0 aliphatic rings. The molecule has 0 saturated heterocycles. The number of aromatic nitrogens is 1. The number of nitrogens with one attached hydrogen (secondary N) is 1. The van der Waals surface area contributed by atoms with Crippen molar-refractivity contribution in [2.45, 2.75) is 13.2 Å². The van der Waals surface area contributed by atoms with Crippen LogP contribution in [0.15, 0.2) is 34.9 Å². The first-order chi connectivity index (χ1) is 9.65. The Morgan fingerprint density at radius 2 is 2.25 bits per heavy atom. The summed E-state index contributed by atoms with van der Waals surface area (Å²) < 4.78 is 8.08. The van der Waals surface area contributed by atoms with E-state index in [2.05, 4.69) is 27.3 Å². The lowest BCUT2D eigenvalue weighted by Crippen LogP contribution is -2.03. The van der Waals surface area contributed by atoms with Crippen LogP contribution in [-0.4, -0.2) is 11.7 Å². The van der Waals surface area contributed by atoms with Crippen molar-refractivity contribution >= 4 is 21.6 Å². The zero-order chi connectivity index (χ0) is 14.5. The molecule has 1 aromatic carbocycles. The molecule has 1 heterocycles. The maximum absolute atomic E-state index is 8.95. The van der Waals surface area contributed by atoms with Gasteiger partial charge in [0.05, 0.1) is 6.61 Å². The second-order valence-electron chi connectivity index (χ2n) is 4.51. The molecule has 2 aromatic rings. The maximum Gasteiger partial charge on any atom is 0.120 e. The van der Waals surface area contributed by atoms with Gasteiger partial charge in [0.15, 0.2) is 0 Å². The SMILES string of the molecule is COCc1c(Br)cccc1NCc1cc(C#N)n(C)c1. The first kappa shape index (κ1) is 14.6. The molecule has 0 saturated carbocycles. The van der Waals surface area contributed by atoms with E-state index >= 15 is 0 Å². The highest BCUT2D eigenvalue weighted by atomic mass is 79.9. The Labute approximate surface area is 127 Å². The van der Waals surface area contributed by atoms with Gasteiger partial charge in [-0.15, -0.1) is 0 Å². The second kappa shape index (κ2) is 6.60. The van der Waals surface area contributed by atoms with Gasteiger partial charge in [-0.25, -0.2) is 0 Å². The van der Waals surface area contributed by atoms with Gasteiger partial charge in [0.1, 0.15) is 11.8 Å². The van der Waals surface area contributed by atoms with E-state index in [0.29, 0.717) is 18.8 Å². The Morgan fingerprint density at radius 1 is 1.45 bits per heavy atom. The highest BCUT2D eigenvalue weighted by Crippen LogP contribution is 2.26. The number of benzene rings is 1. The van der Waals surface area contributed by atoms with Crippen LogP contribution in [-0.2, 0) is 24.9 Å². The number of hydrogen-bond acceptors (Lipinski definition) is 3. The molecule has 0 bridgehead atoms. The number of methoxy groups -OCH3 is 1. The van der Waals surface area contributed by atoms with Crippen LogP contribution in [0.4, 0.5) is 5.69 Å². The summed E-state index contributed by atoms with van der Waals surface area (Å²) in [6.45, 7) is 1.21. The minimum Gasteiger partial charge on any atom is -0.381 e. The lowest BCUT2D eigenvalue weighted by molar-refractivity contribution is 0.185. The topological polar surface area (TPSA) is 50.0 Å². The minimum atomic E-state index is 0.544. The van der Waals surface area contributed by atoms with Gasteiger partial charge in [0.2, 0.25) is 0 Å². The number of hydrogen-bond donors (Lipinski definition) is 1. The van der Waals surface area contributed by atoms with Crippen molar-refractivity contribution in [3.05, 3.63) is 51.8 Å². The number of nitriles is 1. The summed E-state index contributed by atoms with van der Waals surface area (Å²) in [4.78, 5) is 0. The lowest BCUT2D eigenvalue weighted by Gasteiger charge is -2.12. The summed E-state index contributed by atoms with van der Waals surface area (Å²) in [7, 11) is 3.55. The molecule has 104 valence electrons. The molecule has 0 amide bonds. The first-order valence-electron chi connectivity index (χ1n) is 6.21. The molecule has 0 unspecified atom stereocenters. The number of anilines is 1. The Balaban J connectivity index is 2.14. The van der Waals surface area contributed by atoms with Crippen molar-refractivity contribution in [1.82, 2.24) is 4.57 Å². The van der Waals surface area contributed by atoms with Crippen LogP contribution in [0.25, 0.3) is 0 Å². The molecule has 20 heavy (non-hydrogen) atoms. The van der Waals surface area contributed by atoms with E-state index in [1.165, 1.54) is 0 Å². The predicted molar refractivity (Wildman–Crippen MR) is 82.3 cm³/mol. The smallest absolute Gasteiger partial charge is 0.120 e. The normalized spacial score (nSPS) is 10.3. The molecule has 1 N–H and O–H groups in total. The Morgan fingerprint density at radius 3 is 2.90 bits per heavy atom. The first-order valence-corrected chi connectivity index (χ1v) is 7.00. The summed E-state index contributed by atoms with van der Waals surface area (Å²) in [5.41, 5.74) is 3.86. The van der Waals surface area contributed by atoms with Crippen LogP contribution < -0.4 is 5.32 Å². The minimum absolute atomic E-state index is 0.544. The van der Waals surface area contributed by atoms with Gasteiger partial charge in [0, 0.05) is 42.6 Å². The molecule has 1 aromatic heterocycles. The summed E-state index contributed by atoms with van der Waals surface area (Å²) in [6, 6.07) is 10.1. The van der Waals surface area contributed by atoms with Crippen LogP contribution in [0.1, 0.15) is 16.8 Å². The number of ether oxygens (including phenoxy) is 1. The zero-order valence-corrected chi connectivity index (χ0v) is 13.1. The monoisotopic (exact) mass is 333 g/mol.